The van der Waals surface area contributed by atoms with Crippen LogP contribution < -0.4 is 15.1 Å². The molecule has 0 spiro atoms. The number of amides is 1. The summed E-state index contributed by atoms with van der Waals surface area (Å²) in [5.74, 6) is -0.186. The van der Waals surface area contributed by atoms with Crippen LogP contribution >= 0.6 is 0 Å². The molecular weight excluding hydrogens is 350 g/mol. The van der Waals surface area contributed by atoms with Gasteiger partial charge in [0, 0.05) is 38.3 Å². The van der Waals surface area contributed by atoms with Crippen molar-refractivity contribution in [1.29, 1.82) is 0 Å². The van der Waals surface area contributed by atoms with Gasteiger partial charge in [0.15, 0.2) is 0 Å². The average molecular weight is 375 g/mol. The second-order valence-corrected chi connectivity index (χ2v) is 6.47. The van der Waals surface area contributed by atoms with E-state index in [0.717, 1.165) is 28.4 Å². The molecular formula is C23H25N3O2. The number of carbonyl (C=O) groups excluding carboxylic acids is 1. The molecule has 3 rings (SSSR count). The molecule has 5 nitrogen and oxygen atoms in total. The molecule has 0 unspecified atom stereocenters. The summed E-state index contributed by atoms with van der Waals surface area (Å²) in [7, 11) is 5.53. The molecule has 5 heteroatoms. The third-order valence-electron chi connectivity index (χ3n) is 4.57. The zero-order valence-corrected chi connectivity index (χ0v) is 16.4. The molecule has 1 amide bonds. The van der Waals surface area contributed by atoms with Crippen molar-refractivity contribution >= 4 is 34.3 Å². The summed E-state index contributed by atoms with van der Waals surface area (Å²) in [4.78, 5) is 16.3. The largest absolute Gasteiger partial charge is 0.375 e. The molecule has 0 saturated carbocycles. The molecule has 0 heterocycles. The molecule has 0 saturated heterocycles. The minimum Gasteiger partial charge on any atom is -0.375 e. The number of nitrogens with zero attached hydrogens (tertiary/aromatic N) is 2. The third-order valence-corrected chi connectivity index (χ3v) is 4.57. The molecule has 0 fully saturated rings. The Morgan fingerprint density at radius 2 is 1.39 bits per heavy atom. The Labute approximate surface area is 166 Å². The normalized spacial score (nSPS) is 10.4. The van der Waals surface area contributed by atoms with Crippen molar-refractivity contribution in [2.45, 2.75) is 0 Å². The molecule has 0 atom stereocenters. The van der Waals surface area contributed by atoms with Crippen molar-refractivity contribution in [3.05, 3.63) is 78.9 Å². The highest BCUT2D eigenvalue weighted by molar-refractivity contribution is 5.96. The molecule has 0 aliphatic heterocycles. The van der Waals surface area contributed by atoms with E-state index >= 15 is 0 Å². The van der Waals surface area contributed by atoms with Crippen LogP contribution in [0, 0.1) is 0 Å². The van der Waals surface area contributed by atoms with E-state index in [0.29, 0.717) is 0 Å². The molecule has 28 heavy (non-hydrogen) atoms. The number of carbonyl (C=O) groups is 1. The summed E-state index contributed by atoms with van der Waals surface area (Å²) in [6, 6.07) is 26.2. The number of para-hydroxylation sites is 2. The van der Waals surface area contributed by atoms with Crippen molar-refractivity contribution in [3.8, 4) is 0 Å². The van der Waals surface area contributed by atoms with E-state index in [4.69, 9.17) is 4.74 Å². The lowest BCUT2D eigenvalue weighted by Gasteiger charge is -2.26. The Morgan fingerprint density at radius 1 is 0.821 bits per heavy atom. The van der Waals surface area contributed by atoms with E-state index in [2.05, 4.69) is 33.3 Å². The van der Waals surface area contributed by atoms with Gasteiger partial charge in [0.1, 0.15) is 6.61 Å². The fraction of sp³-hybridized carbons (Fsp3) is 0.174. The van der Waals surface area contributed by atoms with Gasteiger partial charge in [-0.25, -0.2) is 0 Å². The number of anilines is 5. The Kier molecular flexibility index (Phi) is 6.29. The lowest BCUT2D eigenvalue weighted by Crippen LogP contribution is -2.20. The predicted molar refractivity (Wildman–Crippen MR) is 116 cm³/mol. The standard InChI is InChI=1S/C23H25N3O2/c1-25(18-10-6-4-7-11-18)20-14-15-21(24-23(27)17-28-3)22(16-20)26(2)19-12-8-5-9-13-19/h4-16H,17H2,1-3H3,(H,24,27). The first kappa shape index (κ1) is 19.5. The van der Waals surface area contributed by atoms with Gasteiger partial charge in [-0.3, -0.25) is 4.79 Å². The number of hydrogen-bond donors (Lipinski definition) is 1. The van der Waals surface area contributed by atoms with Crippen molar-refractivity contribution in [2.24, 2.45) is 0 Å². The van der Waals surface area contributed by atoms with Gasteiger partial charge in [0.2, 0.25) is 5.91 Å². The molecule has 0 radical (unpaired) electrons. The van der Waals surface area contributed by atoms with Crippen molar-refractivity contribution in [1.82, 2.24) is 0 Å². The summed E-state index contributed by atoms with van der Waals surface area (Å²) in [5, 5.41) is 2.94. The van der Waals surface area contributed by atoms with Gasteiger partial charge in [-0.1, -0.05) is 36.4 Å². The van der Waals surface area contributed by atoms with Crippen LogP contribution in [0.1, 0.15) is 0 Å². The van der Waals surface area contributed by atoms with Crippen LogP contribution in [0.3, 0.4) is 0 Å². The second kappa shape index (κ2) is 9.06. The highest BCUT2D eigenvalue weighted by Crippen LogP contribution is 2.36. The molecule has 0 bridgehead atoms. The van der Waals surface area contributed by atoms with E-state index in [-0.39, 0.29) is 12.5 Å². The summed E-state index contributed by atoms with van der Waals surface area (Å²) in [6.07, 6.45) is 0. The maximum absolute atomic E-state index is 12.1. The number of rotatable bonds is 7. The van der Waals surface area contributed by atoms with Crippen LogP contribution in [0.4, 0.5) is 28.4 Å². The van der Waals surface area contributed by atoms with Crippen molar-refractivity contribution < 1.29 is 9.53 Å². The van der Waals surface area contributed by atoms with Crippen LogP contribution in [0.2, 0.25) is 0 Å². The Bertz CT molecular complexity index is 914. The number of nitrogens with one attached hydrogen (secondary N) is 1. The molecule has 1 N–H and O–H groups in total. The first-order chi connectivity index (χ1) is 13.6. The summed E-state index contributed by atoms with van der Waals surface area (Å²) in [6.45, 7) is 0.0140. The minimum absolute atomic E-state index is 0.0140. The Hall–Kier alpha value is -3.31. The summed E-state index contributed by atoms with van der Waals surface area (Å²) >= 11 is 0. The highest BCUT2D eigenvalue weighted by Gasteiger charge is 2.15. The van der Waals surface area contributed by atoms with Gasteiger partial charge in [0.05, 0.1) is 11.4 Å². The smallest absolute Gasteiger partial charge is 0.250 e. The van der Waals surface area contributed by atoms with Crippen LogP contribution in [0.5, 0.6) is 0 Å². The van der Waals surface area contributed by atoms with Gasteiger partial charge < -0.3 is 19.9 Å². The molecule has 3 aromatic carbocycles. The lowest BCUT2D eigenvalue weighted by molar-refractivity contribution is -0.119. The topological polar surface area (TPSA) is 44.8 Å². The van der Waals surface area contributed by atoms with E-state index in [1.807, 2.05) is 74.8 Å². The fourth-order valence-corrected chi connectivity index (χ4v) is 3.02. The van der Waals surface area contributed by atoms with Crippen LogP contribution in [0.15, 0.2) is 78.9 Å². The quantitative estimate of drug-likeness (QED) is 0.644. The van der Waals surface area contributed by atoms with Gasteiger partial charge in [-0.05, 0) is 42.5 Å². The van der Waals surface area contributed by atoms with Crippen molar-refractivity contribution in [2.75, 3.05) is 42.9 Å². The monoisotopic (exact) mass is 375 g/mol. The Morgan fingerprint density at radius 3 is 1.96 bits per heavy atom. The molecule has 0 aliphatic rings. The van der Waals surface area contributed by atoms with Crippen LogP contribution in [-0.2, 0) is 9.53 Å². The average Bonchev–Trinajstić information content (AvgIpc) is 2.74. The van der Waals surface area contributed by atoms with E-state index in [1.165, 1.54) is 7.11 Å². The van der Waals surface area contributed by atoms with Crippen LogP contribution in [0.25, 0.3) is 0 Å². The maximum atomic E-state index is 12.1. The minimum atomic E-state index is -0.186. The van der Waals surface area contributed by atoms with Gasteiger partial charge in [-0.2, -0.15) is 0 Å². The predicted octanol–water partition coefficient (Wildman–Crippen LogP) is 4.81. The number of ether oxygens (including phenoxy) is 1. The zero-order chi connectivity index (χ0) is 19.9. The SMILES string of the molecule is COCC(=O)Nc1ccc(N(C)c2ccccc2)cc1N(C)c1ccccc1. The van der Waals surface area contributed by atoms with E-state index < -0.39 is 0 Å². The first-order valence-electron chi connectivity index (χ1n) is 9.10. The maximum Gasteiger partial charge on any atom is 0.250 e. The van der Waals surface area contributed by atoms with Gasteiger partial charge in [0.25, 0.3) is 0 Å². The molecule has 3 aromatic rings. The van der Waals surface area contributed by atoms with Crippen LogP contribution in [-0.4, -0.2) is 33.7 Å². The lowest BCUT2D eigenvalue weighted by atomic mass is 10.1. The number of methoxy groups -OCH3 is 1. The number of hydrogen-bond acceptors (Lipinski definition) is 4. The third kappa shape index (κ3) is 4.50. The van der Waals surface area contributed by atoms with E-state index in [9.17, 15) is 4.79 Å². The molecule has 0 aliphatic carbocycles. The summed E-state index contributed by atoms with van der Waals surface area (Å²) < 4.78 is 4.95. The molecule has 0 aromatic heterocycles. The zero-order valence-electron chi connectivity index (χ0n) is 16.4. The Balaban J connectivity index is 2.00. The number of benzene rings is 3. The first-order valence-corrected chi connectivity index (χ1v) is 9.10. The highest BCUT2D eigenvalue weighted by atomic mass is 16.5. The van der Waals surface area contributed by atoms with Gasteiger partial charge in [-0.15, -0.1) is 0 Å². The van der Waals surface area contributed by atoms with Gasteiger partial charge >= 0.3 is 0 Å². The van der Waals surface area contributed by atoms with E-state index in [1.54, 1.807) is 0 Å². The van der Waals surface area contributed by atoms with Crippen molar-refractivity contribution in [3.63, 3.8) is 0 Å². The molecule has 144 valence electrons. The fourth-order valence-electron chi connectivity index (χ4n) is 3.02. The summed E-state index contributed by atoms with van der Waals surface area (Å²) in [5.41, 5.74) is 4.78. The second-order valence-electron chi connectivity index (χ2n) is 6.47.